The number of rotatable bonds is 10. The predicted molar refractivity (Wildman–Crippen MR) is 115 cm³/mol. The number of aromatic hydroxyl groups is 1. The van der Waals surface area contributed by atoms with Gasteiger partial charge in [-0.05, 0) is 42.7 Å². The summed E-state index contributed by atoms with van der Waals surface area (Å²) in [6.45, 7) is 0. The quantitative estimate of drug-likeness (QED) is 0.476. The van der Waals surface area contributed by atoms with Gasteiger partial charge in [-0.15, -0.1) is 0 Å². The topological polar surface area (TPSA) is 131 Å². The summed E-state index contributed by atoms with van der Waals surface area (Å²) < 4.78 is 16.0. The third-order valence-electron chi connectivity index (χ3n) is 4.54. The molecular weight excluding hydrogens is 418 g/mol. The molecule has 0 fully saturated rings. The highest BCUT2D eigenvalue weighted by molar-refractivity contribution is 6.02. The van der Waals surface area contributed by atoms with E-state index in [0.717, 1.165) is 6.08 Å². The highest BCUT2D eigenvalue weighted by atomic mass is 16.6. The normalized spacial score (nSPS) is 12.7. The molecule has 0 aromatic heterocycles. The van der Waals surface area contributed by atoms with Crippen molar-refractivity contribution < 1.29 is 38.8 Å². The smallest absolute Gasteiger partial charge is 0.414 e. The van der Waals surface area contributed by atoms with Crippen LogP contribution >= 0.6 is 0 Å². The zero-order valence-corrected chi connectivity index (χ0v) is 17.7. The van der Waals surface area contributed by atoms with Gasteiger partial charge in [0.05, 0.1) is 13.2 Å². The minimum Gasteiger partial charge on any atom is -0.504 e. The maximum Gasteiger partial charge on any atom is 0.414 e. The molecule has 2 rings (SSSR count). The van der Waals surface area contributed by atoms with E-state index in [2.05, 4.69) is 5.32 Å². The molecule has 0 aliphatic rings. The van der Waals surface area contributed by atoms with Crippen molar-refractivity contribution in [2.45, 2.75) is 25.0 Å². The number of hydrogen-bond donors (Lipinski definition) is 3. The Morgan fingerprint density at radius 3 is 2.41 bits per heavy atom. The number of benzene rings is 2. The molecule has 2 aromatic carbocycles. The van der Waals surface area contributed by atoms with Crippen LogP contribution in [0, 0.1) is 0 Å². The van der Waals surface area contributed by atoms with E-state index in [1.807, 2.05) is 0 Å². The van der Waals surface area contributed by atoms with Gasteiger partial charge in [-0.2, -0.15) is 0 Å². The average Bonchev–Trinajstić information content (AvgIpc) is 2.78. The van der Waals surface area contributed by atoms with E-state index < -0.39 is 30.2 Å². The summed E-state index contributed by atoms with van der Waals surface area (Å²) in [4.78, 5) is 35.4. The summed E-state index contributed by atoms with van der Waals surface area (Å²) in [6.07, 6.45) is 0.400. The number of carboxylic acid groups (broad SMARTS) is 1. The van der Waals surface area contributed by atoms with Gasteiger partial charge in [-0.1, -0.05) is 30.3 Å². The molecule has 0 spiro atoms. The Hall–Kier alpha value is -3.85. The van der Waals surface area contributed by atoms with E-state index in [4.69, 9.17) is 19.3 Å². The standard InChI is InChI=1S/C23H25NO8/c1-30-18-13-12-16(14-17(18)25)21(19(31-2)10-6-7-11-20(26)27)32-23(29)24-22(28)15-8-4-3-5-9-15/h3-5,7-9,11-14,19,21,25H,6,10H2,1-2H3,(H,26,27)(H,24,28,29)/b11-7+/t19-,21-/m1/s1. The number of amides is 2. The molecule has 3 N–H and O–H groups in total. The highest BCUT2D eigenvalue weighted by Gasteiger charge is 2.28. The van der Waals surface area contributed by atoms with Crippen molar-refractivity contribution in [1.29, 1.82) is 0 Å². The number of carboxylic acids is 1. The van der Waals surface area contributed by atoms with Gasteiger partial charge < -0.3 is 24.4 Å². The van der Waals surface area contributed by atoms with Gasteiger partial charge in [-0.3, -0.25) is 10.1 Å². The fourth-order valence-corrected chi connectivity index (χ4v) is 2.98. The lowest BCUT2D eigenvalue weighted by Gasteiger charge is -2.26. The van der Waals surface area contributed by atoms with Crippen molar-refractivity contribution in [3.63, 3.8) is 0 Å². The molecule has 2 atom stereocenters. The number of alkyl carbamates (subject to hydrolysis) is 1. The molecule has 0 saturated carbocycles. The van der Waals surface area contributed by atoms with E-state index >= 15 is 0 Å². The van der Waals surface area contributed by atoms with E-state index in [1.165, 1.54) is 32.4 Å². The summed E-state index contributed by atoms with van der Waals surface area (Å²) >= 11 is 0. The molecular formula is C23H25NO8. The fourth-order valence-electron chi connectivity index (χ4n) is 2.98. The minimum atomic E-state index is -1.08. The van der Waals surface area contributed by atoms with Crippen LogP contribution in [-0.2, 0) is 14.3 Å². The van der Waals surface area contributed by atoms with Gasteiger partial charge in [0.25, 0.3) is 5.91 Å². The maximum atomic E-state index is 12.5. The lowest BCUT2D eigenvalue weighted by atomic mass is 9.99. The summed E-state index contributed by atoms with van der Waals surface area (Å²) in [6, 6.07) is 12.6. The van der Waals surface area contributed by atoms with Crippen LogP contribution in [0.15, 0.2) is 60.7 Å². The van der Waals surface area contributed by atoms with Crippen molar-refractivity contribution in [3.05, 3.63) is 71.8 Å². The first-order valence-electron chi connectivity index (χ1n) is 9.71. The molecule has 0 radical (unpaired) electrons. The van der Waals surface area contributed by atoms with Crippen LogP contribution in [0.4, 0.5) is 4.79 Å². The summed E-state index contributed by atoms with van der Waals surface area (Å²) in [7, 11) is 2.82. The average molecular weight is 443 g/mol. The summed E-state index contributed by atoms with van der Waals surface area (Å²) in [5.74, 6) is -1.65. The maximum absolute atomic E-state index is 12.5. The molecule has 0 saturated heterocycles. The lowest BCUT2D eigenvalue weighted by Crippen LogP contribution is -2.35. The van der Waals surface area contributed by atoms with Crippen molar-refractivity contribution in [3.8, 4) is 11.5 Å². The molecule has 32 heavy (non-hydrogen) atoms. The minimum absolute atomic E-state index is 0.167. The van der Waals surface area contributed by atoms with Crippen LogP contribution in [0.1, 0.15) is 34.9 Å². The number of phenols is 1. The number of nitrogens with one attached hydrogen (secondary N) is 1. The molecule has 9 heteroatoms. The first kappa shape index (κ1) is 24.4. The largest absolute Gasteiger partial charge is 0.504 e. The molecule has 2 amide bonds. The van der Waals surface area contributed by atoms with Gasteiger partial charge in [0.1, 0.15) is 0 Å². The third kappa shape index (κ3) is 7.13. The number of phenolic OH excluding ortho intramolecular Hbond substituents is 1. The van der Waals surface area contributed by atoms with Crippen molar-refractivity contribution in [2.24, 2.45) is 0 Å². The van der Waals surface area contributed by atoms with Gasteiger partial charge in [-0.25, -0.2) is 9.59 Å². The van der Waals surface area contributed by atoms with Crippen molar-refractivity contribution in [1.82, 2.24) is 5.32 Å². The molecule has 0 aliphatic carbocycles. The highest BCUT2D eigenvalue weighted by Crippen LogP contribution is 2.33. The summed E-state index contributed by atoms with van der Waals surface area (Å²) in [5.41, 5.74) is 0.685. The van der Waals surface area contributed by atoms with Crippen LogP contribution in [0.2, 0.25) is 0 Å². The van der Waals surface area contributed by atoms with Crippen LogP contribution in [0.3, 0.4) is 0 Å². The number of allylic oxidation sites excluding steroid dienone is 1. The van der Waals surface area contributed by atoms with Crippen LogP contribution in [0.25, 0.3) is 0 Å². The third-order valence-corrected chi connectivity index (χ3v) is 4.54. The number of carbonyl (C=O) groups is 3. The summed E-state index contributed by atoms with van der Waals surface area (Å²) in [5, 5.41) is 21.0. The first-order valence-corrected chi connectivity index (χ1v) is 9.71. The predicted octanol–water partition coefficient (Wildman–Crippen LogP) is 3.44. The number of aliphatic carboxylic acids is 1. The van der Waals surface area contributed by atoms with Crippen molar-refractivity contribution in [2.75, 3.05) is 14.2 Å². The Labute approximate surface area is 185 Å². The number of ether oxygens (including phenoxy) is 3. The van der Waals surface area contributed by atoms with Gasteiger partial charge in [0, 0.05) is 18.7 Å². The second-order valence-electron chi connectivity index (χ2n) is 6.67. The van der Waals surface area contributed by atoms with E-state index in [0.29, 0.717) is 18.4 Å². The van der Waals surface area contributed by atoms with Gasteiger partial charge in [0.15, 0.2) is 17.6 Å². The number of methoxy groups -OCH3 is 2. The Balaban J connectivity index is 2.22. The number of imide groups is 1. The van der Waals surface area contributed by atoms with Crippen LogP contribution < -0.4 is 10.1 Å². The first-order chi connectivity index (χ1) is 15.3. The van der Waals surface area contributed by atoms with Crippen LogP contribution in [0.5, 0.6) is 11.5 Å². The second kappa shape index (κ2) is 12.1. The Kier molecular flexibility index (Phi) is 9.24. The Bertz CT molecular complexity index is 958. The Morgan fingerprint density at radius 2 is 1.81 bits per heavy atom. The molecule has 9 nitrogen and oxygen atoms in total. The molecule has 170 valence electrons. The van der Waals surface area contributed by atoms with E-state index in [1.54, 1.807) is 36.4 Å². The van der Waals surface area contributed by atoms with E-state index in [9.17, 15) is 19.5 Å². The van der Waals surface area contributed by atoms with Crippen LogP contribution in [-0.4, -0.2) is 48.5 Å². The fraction of sp³-hybridized carbons (Fsp3) is 0.261. The molecule has 2 aromatic rings. The zero-order chi connectivity index (χ0) is 23.5. The number of carbonyl (C=O) groups excluding carboxylic acids is 2. The number of hydrogen-bond acceptors (Lipinski definition) is 7. The second-order valence-corrected chi connectivity index (χ2v) is 6.67. The Morgan fingerprint density at radius 1 is 1.09 bits per heavy atom. The SMILES string of the molecule is COc1ccc([C@@H](OC(=O)NC(=O)c2ccccc2)[C@@H](CC/C=C/C(=O)O)OC)cc1O. The lowest BCUT2D eigenvalue weighted by molar-refractivity contribution is -0.131. The monoisotopic (exact) mass is 443 g/mol. The molecule has 0 aliphatic heterocycles. The molecule has 0 unspecified atom stereocenters. The van der Waals surface area contributed by atoms with E-state index in [-0.39, 0.29) is 17.1 Å². The van der Waals surface area contributed by atoms with Gasteiger partial charge >= 0.3 is 12.1 Å². The molecule has 0 heterocycles. The van der Waals surface area contributed by atoms with Gasteiger partial charge in [0.2, 0.25) is 0 Å². The zero-order valence-electron chi connectivity index (χ0n) is 17.7. The van der Waals surface area contributed by atoms with Crippen molar-refractivity contribution >= 4 is 18.0 Å². The molecule has 0 bridgehead atoms.